The van der Waals surface area contributed by atoms with Crippen LogP contribution in [0, 0.1) is 17.2 Å². The zero-order valence-corrected chi connectivity index (χ0v) is 15.9. The molecule has 1 aromatic heterocycles. The maximum absolute atomic E-state index is 12.9. The van der Waals surface area contributed by atoms with Gasteiger partial charge >= 0.3 is 0 Å². The third-order valence-corrected chi connectivity index (χ3v) is 5.46. The summed E-state index contributed by atoms with van der Waals surface area (Å²) in [6, 6.07) is 5.72. The van der Waals surface area contributed by atoms with Crippen LogP contribution >= 0.6 is 0 Å². The molecule has 27 heavy (non-hydrogen) atoms. The molecule has 2 aliphatic rings. The largest absolute Gasteiger partial charge is 0.352 e. The normalized spacial score (nSPS) is 18.3. The number of hydrogen-bond acceptors (Lipinski definition) is 5. The predicted molar refractivity (Wildman–Crippen MR) is 102 cm³/mol. The summed E-state index contributed by atoms with van der Waals surface area (Å²) >= 11 is 0. The minimum absolute atomic E-state index is 0.0201. The molecular weight excluding hydrogens is 342 g/mol. The molecule has 0 atom stereocenters. The van der Waals surface area contributed by atoms with Crippen molar-refractivity contribution in [2.24, 2.45) is 5.92 Å². The minimum Gasteiger partial charge on any atom is -0.352 e. The first-order chi connectivity index (χ1) is 13.1. The summed E-state index contributed by atoms with van der Waals surface area (Å²) in [6.07, 6.45) is 4.67. The molecule has 1 aromatic rings. The summed E-state index contributed by atoms with van der Waals surface area (Å²) in [5, 5.41) is 9.24. The SMILES string of the molecule is CCCC(=O)N1CCC(C(=O)N2CCN(c3ncccc3C#N)CC2)CC1. The van der Waals surface area contributed by atoms with Crippen LogP contribution in [0.4, 0.5) is 5.82 Å². The van der Waals surface area contributed by atoms with E-state index in [9.17, 15) is 14.9 Å². The van der Waals surface area contributed by atoms with Gasteiger partial charge in [-0.15, -0.1) is 0 Å². The first-order valence-electron chi connectivity index (χ1n) is 9.80. The first kappa shape index (κ1) is 19.2. The molecule has 2 amide bonds. The smallest absolute Gasteiger partial charge is 0.225 e. The Balaban J connectivity index is 1.51. The molecule has 0 aromatic carbocycles. The van der Waals surface area contributed by atoms with Crippen LogP contribution in [0.1, 0.15) is 38.2 Å². The van der Waals surface area contributed by atoms with Crippen molar-refractivity contribution in [2.45, 2.75) is 32.6 Å². The van der Waals surface area contributed by atoms with Gasteiger partial charge in [-0.25, -0.2) is 4.98 Å². The maximum Gasteiger partial charge on any atom is 0.225 e. The van der Waals surface area contributed by atoms with Crippen LogP contribution in [0.3, 0.4) is 0 Å². The van der Waals surface area contributed by atoms with E-state index in [2.05, 4.69) is 16.0 Å². The maximum atomic E-state index is 12.9. The highest BCUT2D eigenvalue weighted by atomic mass is 16.2. The van der Waals surface area contributed by atoms with Gasteiger partial charge in [-0.1, -0.05) is 6.92 Å². The Bertz CT molecular complexity index is 713. The van der Waals surface area contributed by atoms with E-state index in [1.165, 1.54) is 0 Å². The fourth-order valence-electron chi connectivity index (χ4n) is 3.88. The van der Waals surface area contributed by atoms with Gasteiger partial charge in [0.2, 0.25) is 11.8 Å². The van der Waals surface area contributed by atoms with Crippen molar-refractivity contribution < 1.29 is 9.59 Å². The van der Waals surface area contributed by atoms with Crippen molar-refractivity contribution in [1.29, 1.82) is 5.26 Å². The number of aromatic nitrogens is 1. The van der Waals surface area contributed by atoms with Crippen LogP contribution in [0.15, 0.2) is 18.3 Å². The number of nitriles is 1. The second-order valence-corrected chi connectivity index (χ2v) is 7.20. The van der Waals surface area contributed by atoms with Crippen LogP contribution in [0.25, 0.3) is 0 Å². The van der Waals surface area contributed by atoms with Crippen LogP contribution in [-0.2, 0) is 9.59 Å². The van der Waals surface area contributed by atoms with E-state index >= 15 is 0 Å². The number of likely N-dealkylation sites (tertiary alicyclic amines) is 1. The van der Waals surface area contributed by atoms with E-state index in [0.717, 1.165) is 19.3 Å². The minimum atomic E-state index is 0.0201. The quantitative estimate of drug-likeness (QED) is 0.806. The number of pyridine rings is 1. The summed E-state index contributed by atoms with van der Waals surface area (Å²) in [5.41, 5.74) is 0.571. The lowest BCUT2D eigenvalue weighted by molar-refractivity contribution is -0.141. The zero-order chi connectivity index (χ0) is 19.2. The summed E-state index contributed by atoms with van der Waals surface area (Å²) in [7, 11) is 0. The van der Waals surface area contributed by atoms with Gasteiger partial charge in [-0.2, -0.15) is 5.26 Å². The topological polar surface area (TPSA) is 80.5 Å². The lowest BCUT2D eigenvalue weighted by atomic mass is 9.94. The van der Waals surface area contributed by atoms with Crippen LogP contribution < -0.4 is 4.90 Å². The van der Waals surface area contributed by atoms with Crippen LogP contribution in [0.2, 0.25) is 0 Å². The zero-order valence-electron chi connectivity index (χ0n) is 15.9. The van der Waals surface area contributed by atoms with Crippen molar-refractivity contribution >= 4 is 17.6 Å². The molecule has 0 unspecified atom stereocenters. The summed E-state index contributed by atoms with van der Waals surface area (Å²) in [4.78, 5) is 35.1. The van der Waals surface area contributed by atoms with E-state index in [-0.39, 0.29) is 17.7 Å². The van der Waals surface area contributed by atoms with Crippen molar-refractivity contribution in [3.8, 4) is 6.07 Å². The molecule has 0 bridgehead atoms. The molecule has 0 N–H and O–H groups in total. The molecule has 2 saturated heterocycles. The Morgan fingerprint density at radius 2 is 1.85 bits per heavy atom. The number of hydrogen-bond donors (Lipinski definition) is 0. The van der Waals surface area contributed by atoms with E-state index in [1.807, 2.05) is 16.7 Å². The van der Waals surface area contributed by atoms with E-state index < -0.39 is 0 Å². The van der Waals surface area contributed by atoms with Gasteiger partial charge in [-0.3, -0.25) is 9.59 Å². The number of piperazine rings is 1. The van der Waals surface area contributed by atoms with E-state index in [4.69, 9.17) is 0 Å². The Morgan fingerprint density at radius 3 is 2.48 bits per heavy atom. The van der Waals surface area contributed by atoms with Gasteiger partial charge in [0.25, 0.3) is 0 Å². The number of piperidine rings is 1. The second-order valence-electron chi connectivity index (χ2n) is 7.20. The highest BCUT2D eigenvalue weighted by molar-refractivity contribution is 5.80. The molecule has 7 nitrogen and oxygen atoms in total. The van der Waals surface area contributed by atoms with Gasteiger partial charge in [0.1, 0.15) is 11.9 Å². The van der Waals surface area contributed by atoms with Crippen molar-refractivity contribution in [3.05, 3.63) is 23.9 Å². The number of anilines is 1. The molecule has 0 spiro atoms. The molecule has 3 rings (SSSR count). The van der Waals surface area contributed by atoms with Gasteiger partial charge in [-0.05, 0) is 31.4 Å². The lowest BCUT2D eigenvalue weighted by Crippen LogP contribution is -2.52. The average Bonchev–Trinajstić information content (AvgIpc) is 2.73. The van der Waals surface area contributed by atoms with E-state index in [1.54, 1.807) is 18.3 Å². The molecule has 144 valence electrons. The Hall–Kier alpha value is -2.62. The molecule has 0 saturated carbocycles. The second kappa shape index (κ2) is 8.85. The number of carbonyl (C=O) groups excluding carboxylic acids is 2. The fourth-order valence-corrected chi connectivity index (χ4v) is 3.88. The van der Waals surface area contributed by atoms with Crippen LogP contribution in [-0.4, -0.2) is 65.9 Å². The molecule has 0 radical (unpaired) electrons. The summed E-state index contributed by atoms with van der Waals surface area (Å²) < 4.78 is 0. The Morgan fingerprint density at radius 1 is 1.15 bits per heavy atom. The van der Waals surface area contributed by atoms with E-state index in [0.29, 0.717) is 57.1 Å². The summed E-state index contributed by atoms with van der Waals surface area (Å²) in [5.74, 6) is 1.14. The highest BCUT2D eigenvalue weighted by Gasteiger charge is 2.31. The molecule has 2 fully saturated rings. The molecular formula is C20H27N5O2. The summed E-state index contributed by atoms with van der Waals surface area (Å²) in [6.45, 7) is 6.06. The number of nitrogens with zero attached hydrogens (tertiary/aromatic N) is 5. The van der Waals surface area contributed by atoms with Gasteiger partial charge in [0.05, 0.1) is 5.56 Å². The fraction of sp³-hybridized carbons (Fsp3) is 0.600. The number of amides is 2. The third-order valence-electron chi connectivity index (χ3n) is 5.46. The van der Waals surface area contributed by atoms with Crippen LogP contribution in [0.5, 0.6) is 0 Å². The number of carbonyl (C=O) groups is 2. The molecule has 2 aliphatic heterocycles. The number of rotatable bonds is 4. The average molecular weight is 369 g/mol. The highest BCUT2D eigenvalue weighted by Crippen LogP contribution is 2.23. The van der Waals surface area contributed by atoms with Gasteiger partial charge < -0.3 is 14.7 Å². The third kappa shape index (κ3) is 4.38. The van der Waals surface area contributed by atoms with Crippen molar-refractivity contribution in [2.75, 3.05) is 44.2 Å². The molecule has 7 heteroatoms. The van der Waals surface area contributed by atoms with Crippen molar-refractivity contribution in [1.82, 2.24) is 14.8 Å². The Labute approximate surface area is 160 Å². The van der Waals surface area contributed by atoms with Gasteiger partial charge in [0.15, 0.2) is 0 Å². The monoisotopic (exact) mass is 369 g/mol. The van der Waals surface area contributed by atoms with Gasteiger partial charge in [0, 0.05) is 57.8 Å². The molecule has 3 heterocycles. The van der Waals surface area contributed by atoms with Crippen molar-refractivity contribution in [3.63, 3.8) is 0 Å². The first-order valence-corrected chi connectivity index (χ1v) is 9.80. The lowest BCUT2D eigenvalue weighted by Gasteiger charge is -2.39. The molecule has 0 aliphatic carbocycles. The predicted octanol–water partition coefficient (Wildman–Crippen LogP) is 1.64. The Kier molecular flexibility index (Phi) is 6.28. The standard InChI is InChI=1S/C20H27N5O2/c1-2-4-18(26)23-9-6-16(7-10-23)20(27)25-13-11-24(12-14-25)19-17(15-21)5-3-8-22-19/h3,5,8,16H,2,4,6-7,9-14H2,1H3.